The van der Waals surface area contributed by atoms with Crippen molar-refractivity contribution in [2.24, 2.45) is 0 Å². The molecular weight excluding hydrogens is 349 g/mol. The zero-order chi connectivity index (χ0) is 15.5. The summed E-state index contributed by atoms with van der Waals surface area (Å²) >= 11 is 3.29. The quantitative estimate of drug-likeness (QED) is 0.668. The van der Waals surface area contributed by atoms with Gasteiger partial charge in [0.05, 0.1) is 6.42 Å². The Balaban J connectivity index is 1.84. The summed E-state index contributed by atoms with van der Waals surface area (Å²) in [6, 6.07) is 13.6. The molecule has 3 rings (SSSR count). The van der Waals surface area contributed by atoms with Crippen LogP contribution in [-0.4, -0.2) is 20.5 Å². The summed E-state index contributed by atoms with van der Waals surface area (Å²) in [6.45, 7) is 0. The number of benzene rings is 2. The van der Waals surface area contributed by atoms with Gasteiger partial charge in [-0.05, 0) is 28.1 Å². The van der Waals surface area contributed by atoms with Gasteiger partial charge in [-0.25, -0.2) is 14.1 Å². The second-order valence-electron chi connectivity index (χ2n) is 4.64. The minimum atomic E-state index is -0.416. The van der Waals surface area contributed by atoms with Crippen LogP contribution in [0.5, 0.6) is 0 Å². The van der Waals surface area contributed by atoms with Gasteiger partial charge in [-0.15, -0.1) is 0 Å². The third kappa shape index (κ3) is 2.96. The van der Waals surface area contributed by atoms with Gasteiger partial charge in [0.25, 0.3) is 0 Å². The highest BCUT2D eigenvalue weighted by molar-refractivity contribution is 9.10. The van der Waals surface area contributed by atoms with Gasteiger partial charge in [0, 0.05) is 10.0 Å². The lowest BCUT2D eigenvalue weighted by molar-refractivity contribution is 0.0991. The van der Waals surface area contributed by atoms with Crippen LogP contribution in [0, 0.1) is 5.82 Å². The zero-order valence-electron chi connectivity index (χ0n) is 11.4. The van der Waals surface area contributed by atoms with E-state index < -0.39 is 5.82 Å². The number of aromatic nitrogens is 3. The number of carbonyl (C=O) groups is 1. The van der Waals surface area contributed by atoms with Gasteiger partial charge in [0.1, 0.15) is 17.8 Å². The normalized spacial score (nSPS) is 10.6. The number of hydrogen-bond donors (Lipinski definition) is 0. The van der Waals surface area contributed by atoms with Crippen LogP contribution < -0.4 is 0 Å². The molecule has 0 atom stereocenters. The Hall–Kier alpha value is -2.34. The van der Waals surface area contributed by atoms with E-state index in [4.69, 9.17) is 0 Å². The Labute approximate surface area is 134 Å². The van der Waals surface area contributed by atoms with Crippen molar-refractivity contribution in [2.45, 2.75) is 6.42 Å². The van der Waals surface area contributed by atoms with E-state index in [1.54, 1.807) is 36.4 Å². The van der Waals surface area contributed by atoms with Crippen LogP contribution in [-0.2, 0) is 6.42 Å². The number of rotatable bonds is 4. The van der Waals surface area contributed by atoms with E-state index in [1.165, 1.54) is 17.1 Å². The highest BCUT2D eigenvalue weighted by Crippen LogP contribution is 2.23. The zero-order valence-corrected chi connectivity index (χ0v) is 13.0. The molecule has 2 aromatic carbocycles. The van der Waals surface area contributed by atoms with E-state index in [9.17, 15) is 9.18 Å². The predicted molar refractivity (Wildman–Crippen MR) is 83.5 cm³/mol. The Morgan fingerprint density at radius 2 is 1.91 bits per heavy atom. The van der Waals surface area contributed by atoms with Gasteiger partial charge in [-0.2, -0.15) is 5.10 Å². The van der Waals surface area contributed by atoms with Crippen molar-refractivity contribution >= 4 is 21.7 Å². The Kier molecular flexibility index (Phi) is 4.11. The molecule has 0 aliphatic rings. The smallest absolute Gasteiger partial charge is 0.170 e. The third-order valence-corrected chi connectivity index (χ3v) is 3.76. The molecule has 0 aliphatic carbocycles. The van der Waals surface area contributed by atoms with E-state index in [0.717, 1.165) is 0 Å². The first-order valence-electron chi connectivity index (χ1n) is 6.58. The number of ketones is 1. The van der Waals surface area contributed by atoms with E-state index in [1.807, 2.05) is 6.07 Å². The molecule has 0 saturated heterocycles. The van der Waals surface area contributed by atoms with Crippen molar-refractivity contribution < 1.29 is 9.18 Å². The van der Waals surface area contributed by atoms with Crippen molar-refractivity contribution in [2.75, 3.05) is 0 Å². The van der Waals surface area contributed by atoms with E-state index in [2.05, 4.69) is 26.0 Å². The van der Waals surface area contributed by atoms with Crippen LogP contribution in [0.3, 0.4) is 0 Å². The Morgan fingerprint density at radius 3 is 2.64 bits per heavy atom. The van der Waals surface area contributed by atoms with Gasteiger partial charge in [0.2, 0.25) is 0 Å². The van der Waals surface area contributed by atoms with Crippen molar-refractivity contribution in [3.05, 3.63) is 76.5 Å². The highest BCUT2D eigenvalue weighted by Gasteiger charge is 2.14. The fourth-order valence-electron chi connectivity index (χ4n) is 2.06. The molecule has 4 nitrogen and oxygen atoms in total. The van der Waals surface area contributed by atoms with Crippen LogP contribution in [0.1, 0.15) is 16.2 Å². The Bertz CT molecular complexity index is 797. The van der Waals surface area contributed by atoms with Crippen LogP contribution in [0.15, 0.2) is 59.3 Å². The fraction of sp³-hybridized carbons (Fsp3) is 0.0625. The van der Waals surface area contributed by atoms with Crippen LogP contribution in [0.25, 0.3) is 5.69 Å². The number of Topliss-reactive ketones (excluding diaryl/α,β-unsaturated/α-hetero) is 1. The molecule has 1 heterocycles. The molecule has 0 bridgehead atoms. The molecule has 0 spiro atoms. The lowest BCUT2D eigenvalue weighted by Crippen LogP contribution is -2.06. The number of nitrogens with zero attached hydrogens (tertiary/aromatic N) is 3. The fourth-order valence-corrected chi connectivity index (χ4v) is 2.59. The summed E-state index contributed by atoms with van der Waals surface area (Å²) in [5.41, 5.74) is 0.874. The molecule has 0 radical (unpaired) electrons. The summed E-state index contributed by atoms with van der Waals surface area (Å²) in [5.74, 6) is -0.143. The third-order valence-electron chi connectivity index (χ3n) is 3.12. The second kappa shape index (κ2) is 6.19. The number of carbonyl (C=O) groups excluding carboxylic acids is 1. The van der Waals surface area contributed by atoms with Crippen molar-refractivity contribution in [3.8, 4) is 5.69 Å². The summed E-state index contributed by atoms with van der Waals surface area (Å²) in [4.78, 5) is 16.2. The summed E-state index contributed by atoms with van der Waals surface area (Å²) in [6.07, 6.45) is 1.47. The lowest BCUT2D eigenvalue weighted by atomic mass is 10.1. The monoisotopic (exact) mass is 359 g/mol. The second-order valence-corrected chi connectivity index (χ2v) is 5.50. The maximum absolute atomic E-state index is 13.9. The molecule has 1 aromatic heterocycles. The SMILES string of the molecule is O=C(Cc1ncn(-c2c(F)cccc2Br)n1)c1ccccc1. The van der Waals surface area contributed by atoms with Crippen LogP contribution in [0.2, 0.25) is 0 Å². The molecule has 0 aliphatic heterocycles. The van der Waals surface area contributed by atoms with E-state index in [-0.39, 0.29) is 17.9 Å². The maximum atomic E-state index is 13.9. The largest absolute Gasteiger partial charge is 0.294 e. The first-order valence-corrected chi connectivity index (χ1v) is 7.37. The van der Waals surface area contributed by atoms with Gasteiger partial charge in [-0.1, -0.05) is 36.4 Å². The van der Waals surface area contributed by atoms with E-state index in [0.29, 0.717) is 15.9 Å². The van der Waals surface area contributed by atoms with Crippen LogP contribution >= 0.6 is 15.9 Å². The molecule has 0 N–H and O–H groups in total. The number of hydrogen-bond acceptors (Lipinski definition) is 3. The molecular formula is C16H11BrFN3O. The molecule has 110 valence electrons. The number of halogens is 2. The van der Waals surface area contributed by atoms with E-state index >= 15 is 0 Å². The van der Waals surface area contributed by atoms with Gasteiger partial charge < -0.3 is 0 Å². The Morgan fingerprint density at radius 1 is 1.14 bits per heavy atom. The minimum Gasteiger partial charge on any atom is -0.294 e. The molecule has 0 unspecified atom stereocenters. The average Bonchev–Trinajstić information content (AvgIpc) is 2.96. The van der Waals surface area contributed by atoms with Crippen molar-refractivity contribution in [1.29, 1.82) is 0 Å². The predicted octanol–water partition coefficient (Wildman–Crippen LogP) is 3.59. The maximum Gasteiger partial charge on any atom is 0.170 e. The first kappa shape index (κ1) is 14.6. The lowest BCUT2D eigenvalue weighted by Gasteiger charge is -2.04. The molecule has 0 fully saturated rings. The molecule has 22 heavy (non-hydrogen) atoms. The summed E-state index contributed by atoms with van der Waals surface area (Å²) in [7, 11) is 0. The van der Waals surface area contributed by atoms with Gasteiger partial charge in [0.15, 0.2) is 11.6 Å². The van der Waals surface area contributed by atoms with Gasteiger partial charge in [-0.3, -0.25) is 4.79 Å². The molecule has 3 aromatic rings. The summed E-state index contributed by atoms with van der Waals surface area (Å²) in [5, 5.41) is 4.18. The first-order chi connectivity index (χ1) is 10.6. The summed E-state index contributed by atoms with van der Waals surface area (Å²) < 4.78 is 15.8. The topological polar surface area (TPSA) is 47.8 Å². The average molecular weight is 360 g/mol. The van der Waals surface area contributed by atoms with Crippen LogP contribution in [0.4, 0.5) is 4.39 Å². The molecule has 0 saturated carbocycles. The highest BCUT2D eigenvalue weighted by atomic mass is 79.9. The minimum absolute atomic E-state index is 0.0725. The molecule has 0 amide bonds. The van der Waals surface area contributed by atoms with Crippen molar-refractivity contribution in [1.82, 2.24) is 14.8 Å². The van der Waals surface area contributed by atoms with Gasteiger partial charge >= 0.3 is 0 Å². The molecule has 6 heteroatoms. The van der Waals surface area contributed by atoms with Crippen molar-refractivity contribution in [3.63, 3.8) is 0 Å². The number of para-hydroxylation sites is 1. The standard InChI is InChI=1S/C16H11BrFN3O/c17-12-7-4-8-13(18)16(12)21-10-19-15(20-21)9-14(22)11-5-2-1-3-6-11/h1-8,10H,9H2.